The van der Waals surface area contributed by atoms with Crippen molar-refractivity contribution in [2.45, 2.75) is 51.7 Å². The van der Waals surface area contributed by atoms with Crippen LogP contribution in [0.15, 0.2) is 16.0 Å². The third-order valence-electron chi connectivity index (χ3n) is 3.67. The maximum absolute atomic E-state index is 12.3. The summed E-state index contributed by atoms with van der Waals surface area (Å²) >= 11 is 2.54. The van der Waals surface area contributed by atoms with E-state index in [-0.39, 0.29) is 24.0 Å². The number of thioether (sulfide) groups is 1. The van der Waals surface area contributed by atoms with E-state index in [1.165, 1.54) is 27.7 Å². The van der Waals surface area contributed by atoms with Crippen LogP contribution in [0.2, 0.25) is 0 Å². The molecule has 0 aromatic carbocycles. The maximum Gasteiger partial charge on any atom is 0.343 e. The fourth-order valence-electron chi connectivity index (χ4n) is 2.29. The highest BCUT2D eigenvalue weighted by Gasteiger charge is 2.19. The van der Waals surface area contributed by atoms with Crippen molar-refractivity contribution in [3.8, 4) is 0 Å². The van der Waals surface area contributed by atoms with Crippen molar-refractivity contribution in [1.29, 1.82) is 0 Å². The molecule has 0 aliphatic carbocycles. The van der Waals surface area contributed by atoms with Gasteiger partial charge < -0.3 is 10.1 Å². The van der Waals surface area contributed by atoms with E-state index < -0.39 is 5.97 Å². The van der Waals surface area contributed by atoms with E-state index >= 15 is 0 Å². The van der Waals surface area contributed by atoms with Crippen molar-refractivity contribution in [2.75, 3.05) is 17.7 Å². The van der Waals surface area contributed by atoms with Crippen molar-refractivity contribution < 1.29 is 14.3 Å². The van der Waals surface area contributed by atoms with Gasteiger partial charge in [0.15, 0.2) is 5.16 Å². The lowest BCUT2D eigenvalue weighted by Crippen LogP contribution is -2.19. The lowest BCUT2D eigenvalue weighted by molar-refractivity contribution is -0.113. The van der Waals surface area contributed by atoms with Crippen LogP contribution in [0.3, 0.4) is 0 Å². The number of esters is 1. The van der Waals surface area contributed by atoms with Crippen LogP contribution < -0.4 is 11.0 Å². The molecule has 2 rings (SSSR count). The number of rotatable bonds is 10. The number of carbonyl (C=O) groups excluding carboxylic acids is 2. The van der Waals surface area contributed by atoms with Gasteiger partial charge in [-0.1, -0.05) is 32.0 Å². The Labute approximate surface area is 165 Å². The SMILES string of the molecule is CCCCn1c(SCC(=O)Nc2sc(CC)cc2C(=O)OCC)n[nH]c1=O. The quantitative estimate of drug-likeness (QED) is 0.459. The number of aromatic nitrogens is 3. The minimum atomic E-state index is -0.447. The van der Waals surface area contributed by atoms with E-state index in [9.17, 15) is 14.4 Å². The molecule has 0 atom stereocenters. The minimum absolute atomic E-state index is 0.0814. The molecule has 10 heteroatoms. The van der Waals surface area contributed by atoms with Gasteiger partial charge in [-0.2, -0.15) is 0 Å². The van der Waals surface area contributed by atoms with Crippen LogP contribution in [0.4, 0.5) is 5.00 Å². The number of aromatic amines is 1. The lowest BCUT2D eigenvalue weighted by Gasteiger charge is -2.06. The summed E-state index contributed by atoms with van der Waals surface area (Å²) in [6.07, 6.45) is 2.58. The predicted octanol–water partition coefficient (Wildman–Crippen LogP) is 2.90. The van der Waals surface area contributed by atoms with Gasteiger partial charge in [0.2, 0.25) is 5.91 Å². The Kier molecular flexibility index (Phi) is 8.11. The monoisotopic (exact) mass is 412 g/mol. The summed E-state index contributed by atoms with van der Waals surface area (Å²) in [5.41, 5.74) is 0.0958. The minimum Gasteiger partial charge on any atom is -0.462 e. The van der Waals surface area contributed by atoms with Gasteiger partial charge in [-0.15, -0.1) is 16.4 Å². The molecular weight excluding hydrogens is 388 g/mol. The average Bonchev–Trinajstić information content (AvgIpc) is 3.21. The Morgan fingerprint density at radius 2 is 2.15 bits per heavy atom. The van der Waals surface area contributed by atoms with Gasteiger partial charge in [-0.3, -0.25) is 9.36 Å². The van der Waals surface area contributed by atoms with Crippen molar-refractivity contribution in [3.05, 3.63) is 27.0 Å². The molecule has 0 bridgehead atoms. The van der Waals surface area contributed by atoms with Crippen LogP contribution in [-0.2, 0) is 22.5 Å². The van der Waals surface area contributed by atoms with E-state index in [0.717, 1.165) is 24.1 Å². The number of nitrogens with one attached hydrogen (secondary N) is 2. The van der Waals surface area contributed by atoms with Crippen molar-refractivity contribution in [3.63, 3.8) is 0 Å². The number of nitrogens with zero attached hydrogens (tertiary/aromatic N) is 2. The molecule has 0 spiro atoms. The number of hydrogen-bond donors (Lipinski definition) is 2. The van der Waals surface area contributed by atoms with Crippen molar-refractivity contribution >= 4 is 40.0 Å². The summed E-state index contributed by atoms with van der Waals surface area (Å²) in [5, 5.41) is 10.1. The Hall–Kier alpha value is -2.07. The third kappa shape index (κ3) is 5.70. The van der Waals surface area contributed by atoms with Crippen LogP contribution in [-0.4, -0.2) is 39.0 Å². The van der Waals surface area contributed by atoms with Crippen molar-refractivity contribution in [1.82, 2.24) is 14.8 Å². The fourth-order valence-corrected chi connectivity index (χ4v) is 4.06. The summed E-state index contributed by atoms with van der Waals surface area (Å²) in [6.45, 7) is 6.59. The highest BCUT2D eigenvalue weighted by molar-refractivity contribution is 7.99. The second kappa shape index (κ2) is 10.3. The fraction of sp³-hybridized carbons (Fsp3) is 0.529. The van der Waals surface area contributed by atoms with Gasteiger partial charge in [-0.25, -0.2) is 14.7 Å². The number of anilines is 1. The van der Waals surface area contributed by atoms with Gasteiger partial charge in [0, 0.05) is 11.4 Å². The molecule has 0 aliphatic rings. The number of unbranched alkanes of at least 4 members (excludes halogenated alkanes) is 1. The lowest BCUT2D eigenvalue weighted by atomic mass is 10.2. The summed E-state index contributed by atoms with van der Waals surface area (Å²) in [4.78, 5) is 37.2. The number of aryl methyl sites for hydroxylation is 1. The Morgan fingerprint density at radius 3 is 2.81 bits per heavy atom. The summed E-state index contributed by atoms with van der Waals surface area (Å²) < 4.78 is 6.59. The first-order valence-electron chi connectivity index (χ1n) is 8.87. The zero-order chi connectivity index (χ0) is 19.8. The van der Waals surface area contributed by atoms with Gasteiger partial charge in [0.1, 0.15) is 5.00 Å². The first-order chi connectivity index (χ1) is 13.0. The number of H-pyrrole nitrogens is 1. The molecule has 2 aromatic heterocycles. The van der Waals surface area contributed by atoms with E-state index in [1.54, 1.807) is 13.0 Å². The first kappa shape index (κ1) is 21.2. The molecule has 2 aromatic rings. The highest BCUT2D eigenvalue weighted by Crippen LogP contribution is 2.29. The molecule has 0 aliphatic heterocycles. The molecule has 27 heavy (non-hydrogen) atoms. The Balaban J connectivity index is 2.03. The van der Waals surface area contributed by atoms with Gasteiger partial charge >= 0.3 is 11.7 Å². The smallest absolute Gasteiger partial charge is 0.343 e. The molecule has 8 nitrogen and oxygen atoms in total. The average molecular weight is 413 g/mol. The van der Waals surface area contributed by atoms with Crippen LogP contribution >= 0.6 is 23.1 Å². The molecule has 0 saturated heterocycles. The second-order valence-electron chi connectivity index (χ2n) is 5.68. The van der Waals surface area contributed by atoms with Crippen LogP contribution in [0, 0.1) is 0 Å². The van der Waals surface area contributed by atoms with E-state index in [1.807, 2.05) is 13.8 Å². The molecule has 1 amide bonds. The zero-order valence-corrected chi connectivity index (χ0v) is 17.3. The van der Waals surface area contributed by atoms with E-state index in [4.69, 9.17) is 4.74 Å². The molecule has 0 unspecified atom stereocenters. The van der Waals surface area contributed by atoms with Crippen molar-refractivity contribution in [2.24, 2.45) is 0 Å². The normalized spacial score (nSPS) is 10.8. The molecule has 0 fully saturated rings. The number of hydrogen-bond acceptors (Lipinski definition) is 7. The Morgan fingerprint density at radius 1 is 1.37 bits per heavy atom. The highest BCUT2D eigenvalue weighted by atomic mass is 32.2. The standard InChI is InChI=1S/C17H24N4O4S2/c1-4-7-8-21-16(24)19-20-17(21)26-10-13(22)18-14-12(15(23)25-6-3)9-11(5-2)27-14/h9H,4-8,10H2,1-3H3,(H,18,22)(H,19,24). The van der Waals surface area contributed by atoms with Crippen LogP contribution in [0.5, 0.6) is 0 Å². The predicted molar refractivity (Wildman–Crippen MR) is 107 cm³/mol. The molecule has 2 N–H and O–H groups in total. The van der Waals surface area contributed by atoms with Crippen LogP contribution in [0.25, 0.3) is 0 Å². The largest absolute Gasteiger partial charge is 0.462 e. The molecule has 0 radical (unpaired) electrons. The van der Waals surface area contributed by atoms with Gasteiger partial charge in [0.25, 0.3) is 0 Å². The number of thiophene rings is 1. The summed E-state index contributed by atoms with van der Waals surface area (Å²) in [7, 11) is 0. The molecule has 0 saturated carbocycles. The molecular formula is C17H24N4O4S2. The van der Waals surface area contributed by atoms with Gasteiger partial charge in [0.05, 0.1) is 17.9 Å². The first-order valence-corrected chi connectivity index (χ1v) is 10.7. The van der Waals surface area contributed by atoms with Crippen LogP contribution in [0.1, 0.15) is 48.8 Å². The second-order valence-corrected chi connectivity index (χ2v) is 7.76. The molecule has 2 heterocycles. The number of ether oxygens (including phenoxy) is 1. The zero-order valence-electron chi connectivity index (χ0n) is 15.7. The van der Waals surface area contributed by atoms with E-state index in [0.29, 0.717) is 22.3 Å². The topological polar surface area (TPSA) is 106 Å². The summed E-state index contributed by atoms with van der Waals surface area (Å²) in [5.74, 6) is -0.637. The number of amides is 1. The summed E-state index contributed by atoms with van der Waals surface area (Å²) in [6, 6.07) is 1.75. The maximum atomic E-state index is 12.3. The van der Waals surface area contributed by atoms with E-state index in [2.05, 4.69) is 15.5 Å². The molecule has 148 valence electrons. The Bertz CT molecular complexity index is 840. The van der Waals surface area contributed by atoms with Gasteiger partial charge in [-0.05, 0) is 25.8 Å². The number of carbonyl (C=O) groups is 2. The third-order valence-corrected chi connectivity index (χ3v) is 5.84.